The van der Waals surface area contributed by atoms with Gasteiger partial charge in [0, 0.05) is 0 Å². The van der Waals surface area contributed by atoms with Crippen LogP contribution in [0.2, 0.25) is 0 Å². The number of para-hydroxylation sites is 2. The second-order valence-corrected chi connectivity index (χ2v) is 3.31. The Labute approximate surface area is 94.1 Å². The van der Waals surface area contributed by atoms with Gasteiger partial charge in [0.2, 0.25) is 0 Å². The molecule has 0 amide bonds. The van der Waals surface area contributed by atoms with Crippen molar-refractivity contribution < 1.29 is 4.74 Å². The zero-order chi connectivity index (χ0) is 11.4. The van der Waals surface area contributed by atoms with Gasteiger partial charge in [-0.3, -0.25) is 0 Å². The molecular weight excluding hydrogens is 204 g/mol. The Morgan fingerprint density at radius 3 is 2.94 bits per heavy atom. The highest BCUT2D eigenvalue weighted by Gasteiger charge is 2.06. The Bertz CT molecular complexity index is 467. The standard InChI is InChI=1S/C11H14N4O/c1-12-7-11-13-8-15(14-11)9-5-3-4-6-10(9)16-2/h3-6,8,12H,7H2,1-2H3. The van der Waals surface area contributed by atoms with Crippen LogP contribution in [0.15, 0.2) is 30.6 Å². The number of hydrogen-bond donors (Lipinski definition) is 1. The van der Waals surface area contributed by atoms with Crippen LogP contribution in [-0.2, 0) is 6.54 Å². The molecule has 84 valence electrons. The molecule has 0 aliphatic heterocycles. The molecule has 5 heteroatoms. The van der Waals surface area contributed by atoms with Crippen molar-refractivity contribution in [1.82, 2.24) is 20.1 Å². The molecular formula is C11H14N4O. The summed E-state index contributed by atoms with van der Waals surface area (Å²) in [5.74, 6) is 1.54. The Morgan fingerprint density at radius 1 is 1.38 bits per heavy atom. The molecule has 16 heavy (non-hydrogen) atoms. The Hall–Kier alpha value is -1.88. The van der Waals surface area contributed by atoms with Gasteiger partial charge in [-0.1, -0.05) is 12.1 Å². The number of aromatic nitrogens is 3. The van der Waals surface area contributed by atoms with Gasteiger partial charge in [-0.2, -0.15) is 0 Å². The molecule has 0 radical (unpaired) electrons. The molecule has 0 aliphatic carbocycles. The highest BCUT2D eigenvalue weighted by Crippen LogP contribution is 2.20. The van der Waals surface area contributed by atoms with E-state index in [0.717, 1.165) is 17.3 Å². The number of hydrogen-bond acceptors (Lipinski definition) is 4. The molecule has 0 fully saturated rings. The van der Waals surface area contributed by atoms with Crippen LogP contribution >= 0.6 is 0 Å². The average Bonchev–Trinajstić information content (AvgIpc) is 2.78. The Morgan fingerprint density at radius 2 is 2.19 bits per heavy atom. The quantitative estimate of drug-likeness (QED) is 0.831. The maximum atomic E-state index is 5.26. The Kier molecular flexibility index (Phi) is 3.16. The predicted octanol–water partition coefficient (Wildman–Crippen LogP) is 0.995. The monoisotopic (exact) mass is 218 g/mol. The molecule has 1 aromatic heterocycles. The molecule has 0 spiro atoms. The Balaban J connectivity index is 2.34. The van der Waals surface area contributed by atoms with Crippen molar-refractivity contribution in [2.24, 2.45) is 0 Å². The van der Waals surface area contributed by atoms with Crippen LogP contribution in [0.5, 0.6) is 5.75 Å². The lowest BCUT2D eigenvalue weighted by molar-refractivity contribution is 0.411. The van der Waals surface area contributed by atoms with Gasteiger partial charge in [0.1, 0.15) is 17.8 Å². The third-order valence-electron chi connectivity index (χ3n) is 2.21. The van der Waals surface area contributed by atoms with Crippen LogP contribution in [0.4, 0.5) is 0 Å². The minimum absolute atomic E-state index is 0.655. The van der Waals surface area contributed by atoms with E-state index in [1.165, 1.54) is 0 Å². The first-order valence-corrected chi connectivity index (χ1v) is 5.03. The van der Waals surface area contributed by atoms with Crippen molar-refractivity contribution in [3.8, 4) is 11.4 Å². The average molecular weight is 218 g/mol. The van der Waals surface area contributed by atoms with Crippen LogP contribution in [-0.4, -0.2) is 28.9 Å². The molecule has 2 aromatic rings. The van der Waals surface area contributed by atoms with E-state index in [-0.39, 0.29) is 0 Å². The second kappa shape index (κ2) is 4.76. The van der Waals surface area contributed by atoms with Crippen LogP contribution in [0.25, 0.3) is 5.69 Å². The molecule has 0 atom stereocenters. The molecule has 0 saturated carbocycles. The summed E-state index contributed by atoms with van der Waals surface area (Å²) in [6.07, 6.45) is 1.69. The molecule has 0 aliphatic rings. The molecule has 0 unspecified atom stereocenters. The van der Waals surface area contributed by atoms with Crippen molar-refractivity contribution in [3.63, 3.8) is 0 Å². The summed E-state index contributed by atoms with van der Waals surface area (Å²) in [5, 5.41) is 7.35. The maximum Gasteiger partial charge on any atom is 0.164 e. The third kappa shape index (κ3) is 2.04. The molecule has 1 heterocycles. The first kappa shape index (κ1) is 10.6. The van der Waals surface area contributed by atoms with Gasteiger partial charge in [0.15, 0.2) is 5.82 Å². The summed E-state index contributed by atoms with van der Waals surface area (Å²) < 4.78 is 6.98. The van der Waals surface area contributed by atoms with Crippen molar-refractivity contribution in [2.45, 2.75) is 6.54 Å². The summed E-state index contributed by atoms with van der Waals surface area (Å²) in [6, 6.07) is 7.70. The smallest absolute Gasteiger partial charge is 0.164 e. The maximum absolute atomic E-state index is 5.26. The van der Waals surface area contributed by atoms with E-state index in [2.05, 4.69) is 15.4 Å². The first-order chi connectivity index (χ1) is 7.85. The SMILES string of the molecule is CNCc1ncn(-c2ccccc2OC)n1. The van der Waals surface area contributed by atoms with Crippen molar-refractivity contribution in [1.29, 1.82) is 0 Å². The van der Waals surface area contributed by atoms with E-state index < -0.39 is 0 Å². The molecule has 2 rings (SSSR count). The molecule has 1 aromatic carbocycles. The van der Waals surface area contributed by atoms with E-state index in [1.807, 2.05) is 31.3 Å². The van der Waals surface area contributed by atoms with Gasteiger partial charge in [-0.25, -0.2) is 9.67 Å². The van der Waals surface area contributed by atoms with Gasteiger partial charge in [-0.05, 0) is 19.2 Å². The number of rotatable bonds is 4. The van der Waals surface area contributed by atoms with Crippen LogP contribution < -0.4 is 10.1 Å². The minimum atomic E-state index is 0.655. The summed E-state index contributed by atoms with van der Waals surface area (Å²) >= 11 is 0. The molecule has 0 saturated heterocycles. The molecule has 0 bridgehead atoms. The van der Waals surface area contributed by atoms with Gasteiger partial charge < -0.3 is 10.1 Å². The molecule has 5 nitrogen and oxygen atoms in total. The summed E-state index contributed by atoms with van der Waals surface area (Å²) in [6.45, 7) is 0.655. The summed E-state index contributed by atoms with van der Waals surface area (Å²) in [5.41, 5.74) is 0.889. The van der Waals surface area contributed by atoms with Crippen molar-refractivity contribution in [2.75, 3.05) is 14.2 Å². The zero-order valence-electron chi connectivity index (χ0n) is 9.34. The lowest BCUT2D eigenvalue weighted by Crippen LogP contribution is -2.07. The van der Waals surface area contributed by atoms with E-state index in [0.29, 0.717) is 6.54 Å². The lowest BCUT2D eigenvalue weighted by atomic mass is 10.3. The lowest BCUT2D eigenvalue weighted by Gasteiger charge is -2.06. The second-order valence-electron chi connectivity index (χ2n) is 3.31. The van der Waals surface area contributed by atoms with Gasteiger partial charge in [0.25, 0.3) is 0 Å². The molecule has 1 N–H and O–H groups in total. The topological polar surface area (TPSA) is 52.0 Å². The van der Waals surface area contributed by atoms with Gasteiger partial charge in [0.05, 0.1) is 13.7 Å². The highest BCUT2D eigenvalue weighted by atomic mass is 16.5. The zero-order valence-corrected chi connectivity index (χ0v) is 9.34. The largest absolute Gasteiger partial charge is 0.494 e. The summed E-state index contributed by atoms with van der Waals surface area (Å²) in [7, 11) is 3.51. The number of methoxy groups -OCH3 is 1. The van der Waals surface area contributed by atoms with E-state index in [9.17, 15) is 0 Å². The normalized spacial score (nSPS) is 10.4. The summed E-state index contributed by atoms with van der Waals surface area (Å²) in [4.78, 5) is 4.19. The first-order valence-electron chi connectivity index (χ1n) is 5.03. The number of ether oxygens (including phenoxy) is 1. The highest BCUT2D eigenvalue weighted by molar-refractivity contribution is 5.45. The fourth-order valence-corrected chi connectivity index (χ4v) is 1.47. The third-order valence-corrected chi connectivity index (χ3v) is 2.21. The number of nitrogens with zero attached hydrogens (tertiary/aromatic N) is 3. The fraction of sp³-hybridized carbons (Fsp3) is 0.273. The van der Waals surface area contributed by atoms with Gasteiger partial charge in [-0.15, -0.1) is 5.10 Å². The number of nitrogens with one attached hydrogen (secondary N) is 1. The van der Waals surface area contributed by atoms with Gasteiger partial charge >= 0.3 is 0 Å². The number of benzene rings is 1. The van der Waals surface area contributed by atoms with E-state index in [1.54, 1.807) is 18.1 Å². The van der Waals surface area contributed by atoms with E-state index in [4.69, 9.17) is 4.74 Å². The van der Waals surface area contributed by atoms with Crippen molar-refractivity contribution in [3.05, 3.63) is 36.4 Å². The minimum Gasteiger partial charge on any atom is -0.494 e. The fourth-order valence-electron chi connectivity index (χ4n) is 1.47. The predicted molar refractivity (Wildman–Crippen MR) is 60.7 cm³/mol. The van der Waals surface area contributed by atoms with Crippen LogP contribution in [0, 0.1) is 0 Å². The van der Waals surface area contributed by atoms with Crippen LogP contribution in [0.1, 0.15) is 5.82 Å². The van der Waals surface area contributed by atoms with Crippen molar-refractivity contribution >= 4 is 0 Å². The van der Waals surface area contributed by atoms with E-state index >= 15 is 0 Å². The van der Waals surface area contributed by atoms with Crippen LogP contribution in [0.3, 0.4) is 0 Å².